The van der Waals surface area contributed by atoms with Gasteiger partial charge in [-0.15, -0.1) is 0 Å². The summed E-state index contributed by atoms with van der Waals surface area (Å²) in [5.41, 5.74) is 6.52. The molecule has 4 heteroatoms. The predicted molar refractivity (Wildman–Crippen MR) is 56.7 cm³/mol. The molecule has 0 saturated carbocycles. The van der Waals surface area contributed by atoms with Gasteiger partial charge in [0.1, 0.15) is 6.04 Å². The first-order valence-electron chi connectivity index (χ1n) is 5.09. The standard InChI is InChI=1S/C11H14N4/c12-4-9-7-15(8-9)11(5-13)10-2-1-3-14-6-10/h1-3,6,9,11H,4,7-8,12H2. The van der Waals surface area contributed by atoms with Gasteiger partial charge >= 0.3 is 0 Å². The fourth-order valence-electron chi connectivity index (χ4n) is 1.87. The quantitative estimate of drug-likeness (QED) is 0.776. The lowest BCUT2D eigenvalue weighted by Crippen LogP contribution is -2.50. The van der Waals surface area contributed by atoms with E-state index in [4.69, 9.17) is 11.0 Å². The topological polar surface area (TPSA) is 65.9 Å². The van der Waals surface area contributed by atoms with Crippen LogP contribution in [0.25, 0.3) is 0 Å². The summed E-state index contributed by atoms with van der Waals surface area (Å²) in [6.45, 7) is 2.55. The highest BCUT2D eigenvalue weighted by molar-refractivity contribution is 5.21. The van der Waals surface area contributed by atoms with Gasteiger partial charge in [-0.1, -0.05) is 6.07 Å². The average Bonchev–Trinajstić information content (AvgIpc) is 2.24. The van der Waals surface area contributed by atoms with Crippen LogP contribution < -0.4 is 5.73 Å². The zero-order valence-corrected chi connectivity index (χ0v) is 8.50. The number of rotatable bonds is 3. The second kappa shape index (κ2) is 4.39. The van der Waals surface area contributed by atoms with Crippen molar-refractivity contribution in [2.24, 2.45) is 11.7 Å². The predicted octanol–water partition coefficient (Wildman–Crippen LogP) is 0.537. The van der Waals surface area contributed by atoms with Crippen molar-refractivity contribution in [3.63, 3.8) is 0 Å². The van der Waals surface area contributed by atoms with Crippen LogP contribution in [0.3, 0.4) is 0 Å². The summed E-state index contributed by atoms with van der Waals surface area (Å²) in [7, 11) is 0. The van der Waals surface area contributed by atoms with Crippen molar-refractivity contribution in [2.45, 2.75) is 6.04 Å². The van der Waals surface area contributed by atoms with Gasteiger partial charge in [0.05, 0.1) is 6.07 Å². The number of pyridine rings is 1. The molecule has 0 spiro atoms. The summed E-state index contributed by atoms with van der Waals surface area (Å²) in [5, 5.41) is 9.12. The second-order valence-electron chi connectivity index (χ2n) is 3.87. The number of likely N-dealkylation sites (tertiary alicyclic amines) is 1. The van der Waals surface area contributed by atoms with Crippen LogP contribution >= 0.6 is 0 Å². The molecule has 0 aliphatic carbocycles. The largest absolute Gasteiger partial charge is 0.330 e. The number of nitrogens with two attached hydrogens (primary N) is 1. The molecule has 1 aromatic rings. The third kappa shape index (κ3) is 1.99. The first-order valence-corrected chi connectivity index (χ1v) is 5.09. The van der Waals surface area contributed by atoms with Crippen molar-refractivity contribution < 1.29 is 0 Å². The lowest BCUT2D eigenvalue weighted by atomic mass is 9.96. The van der Waals surface area contributed by atoms with Crippen molar-refractivity contribution in [1.29, 1.82) is 5.26 Å². The smallest absolute Gasteiger partial charge is 0.125 e. The zero-order valence-electron chi connectivity index (χ0n) is 8.50. The molecule has 4 nitrogen and oxygen atoms in total. The molecule has 0 amide bonds. The third-order valence-electron chi connectivity index (χ3n) is 2.81. The Bertz CT molecular complexity index is 351. The third-order valence-corrected chi connectivity index (χ3v) is 2.81. The minimum Gasteiger partial charge on any atom is -0.330 e. The summed E-state index contributed by atoms with van der Waals surface area (Å²) >= 11 is 0. The van der Waals surface area contributed by atoms with Crippen LogP contribution in [0.15, 0.2) is 24.5 Å². The van der Waals surface area contributed by atoms with Gasteiger partial charge in [0.2, 0.25) is 0 Å². The van der Waals surface area contributed by atoms with E-state index in [-0.39, 0.29) is 6.04 Å². The maximum absolute atomic E-state index is 9.12. The molecule has 1 aliphatic heterocycles. The van der Waals surface area contributed by atoms with Gasteiger partial charge in [0.15, 0.2) is 0 Å². The van der Waals surface area contributed by atoms with Gasteiger partial charge in [-0.05, 0) is 18.5 Å². The monoisotopic (exact) mass is 202 g/mol. The molecule has 1 aromatic heterocycles. The normalized spacial score (nSPS) is 19.2. The van der Waals surface area contributed by atoms with Crippen molar-refractivity contribution in [3.05, 3.63) is 30.1 Å². The summed E-state index contributed by atoms with van der Waals surface area (Å²) < 4.78 is 0. The number of hydrogen-bond acceptors (Lipinski definition) is 4. The van der Waals surface area contributed by atoms with E-state index in [0.29, 0.717) is 12.5 Å². The molecule has 1 unspecified atom stereocenters. The van der Waals surface area contributed by atoms with E-state index in [9.17, 15) is 0 Å². The fourth-order valence-corrected chi connectivity index (χ4v) is 1.87. The number of hydrogen-bond donors (Lipinski definition) is 1. The molecule has 1 saturated heterocycles. The number of nitriles is 1. The summed E-state index contributed by atoms with van der Waals surface area (Å²) in [4.78, 5) is 6.16. The van der Waals surface area contributed by atoms with E-state index in [2.05, 4.69) is 16.0 Å². The highest BCUT2D eigenvalue weighted by atomic mass is 15.2. The molecular formula is C11H14N4. The molecule has 2 N–H and O–H groups in total. The molecule has 2 rings (SSSR count). The molecule has 1 fully saturated rings. The van der Waals surface area contributed by atoms with Crippen molar-refractivity contribution in [3.8, 4) is 6.07 Å². The number of aromatic nitrogens is 1. The zero-order chi connectivity index (χ0) is 10.7. The Balaban J connectivity index is 2.04. The fraction of sp³-hybridized carbons (Fsp3) is 0.455. The van der Waals surface area contributed by atoms with Crippen molar-refractivity contribution >= 4 is 0 Å². The lowest BCUT2D eigenvalue weighted by molar-refractivity contribution is 0.0797. The van der Waals surface area contributed by atoms with Crippen LogP contribution in [0.1, 0.15) is 11.6 Å². The minimum atomic E-state index is -0.165. The minimum absolute atomic E-state index is 0.165. The molecule has 0 aromatic carbocycles. The van der Waals surface area contributed by atoms with E-state index in [1.165, 1.54) is 0 Å². The molecule has 1 atom stereocenters. The Hall–Kier alpha value is -1.44. The molecule has 0 radical (unpaired) electrons. The molecule has 2 heterocycles. The highest BCUT2D eigenvalue weighted by Crippen LogP contribution is 2.27. The van der Waals surface area contributed by atoms with E-state index < -0.39 is 0 Å². The van der Waals surface area contributed by atoms with E-state index in [1.54, 1.807) is 12.4 Å². The molecule has 1 aliphatic rings. The summed E-state index contributed by atoms with van der Waals surface area (Å²) in [6, 6.07) is 5.95. The maximum Gasteiger partial charge on any atom is 0.125 e. The Morgan fingerprint density at radius 1 is 1.67 bits per heavy atom. The lowest BCUT2D eigenvalue weighted by Gasteiger charge is -2.41. The van der Waals surface area contributed by atoms with Crippen molar-refractivity contribution in [1.82, 2.24) is 9.88 Å². The van der Waals surface area contributed by atoms with Gasteiger partial charge in [0.25, 0.3) is 0 Å². The van der Waals surface area contributed by atoms with Crippen LogP contribution in [0.4, 0.5) is 0 Å². The highest BCUT2D eigenvalue weighted by Gasteiger charge is 2.32. The molecule has 0 bridgehead atoms. The van der Waals surface area contributed by atoms with Gasteiger partial charge in [-0.2, -0.15) is 5.26 Å². The van der Waals surface area contributed by atoms with Gasteiger partial charge in [-0.25, -0.2) is 0 Å². The maximum atomic E-state index is 9.12. The Morgan fingerprint density at radius 3 is 3.00 bits per heavy atom. The van der Waals surface area contributed by atoms with Gasteiger partial charge in [-0.3, -0.25) is 9.88 Å². The van der Waals surface area contributed by atoms with E-state index >= 15 is 0 Å². The second-order valence-corrected chi connectivity index (χ2v) is 3.87. The molecule has 15 heavy (non-hydrogen) atoms. The first kappa shape index (κ1) is 10.1. The van der Waals surface area contributed by atoms with Crippen LogP contribution in [-0.2, 0) is 0 Å². The number of nitrogens with zero attached hydrogens (tertiary/aromatic N) is 3. The Labute approximate surface area is 89.3 Å². The van der Waals surface area contributed by atoms with Gasteiger partial charge < -0.3 is 5.73 Å². The van der Waals surface area contributed by atoms with Gasteiger partial charge in [0, 0.05) is 31.0 Å². The summed E-state index contributed by atoms with van der Waals surface area (Å²) in [5.74, 6) is 0.553. The Morgan fingerprint density at radius 2 is 2.47 bits per heavy atom. The van der Waals surface area contributed by atoms with Crippen LogP contribution in [0.5, 0.6) is 0 Å². The van der Waals surface area contributed by atoms with Crippen LogP contribution in [0.2, 0.25) is 0 Å². The molecular weight excluding hydrogens is 188 g/mol. The molecule has 78 valence electrons. The first-order chi connectivity index (χ1) is 7.35. The van der Waals surface area contributed by atoms with E-state index in [0.717, 1.165) is 18.7 Å². The Kier molecular flexibility index (Phi) is 2.95. The van der Waals surface area contributed by atoms with Crippen molar-refractivity contribution in [2.75, 3.05) is 19.6 Å². The summed E-state index contributed by atoms with van der Waals surface area (Å²) in [6.07, 6.45) is 3.47. The van der Waals surface area contributed by atoms with Crippen LogP contribution in [-0.4, -0.2) is 29.5 Å². The van der Waals surface area contributed by atoms with E-state index in [1.807, 2.05) is 12.1 Å². The van der Waals surface area contributed by atoms with Crippen LogP contribution in [0, 0.1) is 17.2 Å². The average molecular weight is 202 g/mol. The SMILES string of the molecule is N#CC(c1cccnc1)N1CC(CN)C1.